The second-order valence-corrected chi connectivity index (χ2v) is 5.11. The van der Waals surface area contributed by atoms with Gasteiger partial charge in [-0.1, -0.05) is 13.8 Å². The molecule has 0 aliphatic rings. The van der Waals surface area contributed by atoms with E-state index in [1.165, 1.54) is 6.92 Å². The summed E-state index contributed by atoms with van der Waals surface area (Å²) in [6.45, 7) is 6.95. The molecule has 1 unspecified atom stereocenters. The molecule has 0 heterocycles. The van der Waals surface area contributed by atoms with Gasteiger partial charge >= 0.3 is 17.9 Å². The van der Waals surface area contributed by atoms with Gasteiger partial charge in [0.1, 0.15) is 5.60 Å². The average molecular weight is 304 g/mol. The third kappa shape index (κ3) is 5.71. The fourth-order valence-electron chi connectivity index (χ4n) is 1.84. The molecular formula is C14H24O7. The van der Waals surface area contributed by atoms with Crippen LogP contribution in [0.1, 0.15) is 53.4 Å². The van der Waals surface area contributed by atoms with Gasteiger partial charge in [-0.3, -0.25) is 9.59 Å². The topological polar surface area (TPSA) is 110 Å². The van der Waals surface area contributed by atoms with Crippen molar-refractivity contribution in [1.29, 1.82) is 0 Å². The summed E-state index contributed by atoms with van der Waals surface area (Å²) in [5.41, 5.74) is -2.79. The van der Waals surface area contributed by atoms with Crippen molar-refractivity contribution in [3.63, 3.8) is 0 Å². The molecule has 0 fully saturated rings. The van der Waals surface area contributed by atoms with Crippen LogP contribution in [0.5, 0.6) is 0 Å². The predicted molar refractivity (Wildman–Crippen MR) is 73.9 cm³/mol. The molecule has 122 valence electrons. The molecule has 0 aliphatic carbocycles. The Hall–Kier alpha value is -1.63. The van der Waals surface area contributed by atoms with Gasteiger partial charge in [0.05, 0.1) is 12.8 Å². The zero-order chi connectivity index (χ0) is 16.7. The van der Waals surface area contributed by atoms with E-state index >= 15 is 0 Å². The third-order valence-corrected chi connectivity index (χ3v) is 3.53. The van der Waals surface area contributed by atoms with E-state index in [9.17, 15) is 19.5 Å². The maximum Gasteiger partial charge on any atom is 0.337 e. The van der Waals surface area contributed by atoms with E-state index in [0.717, 1.165) is 0 Å². The van der Waals surface area contributed by atoms with Crippen LogP contribution in [-0.2, 0) is 23.9 Å². The molecule has 0 rings (SSSR count). The molecule has 0 spiro atoms. The Balaban J connectivity index is 5.16. The van der Waals surface area contributed by atoms with E-state index in [-0.39, 0.29) is 6.61 Å². The van der Waals surface area contributed by atoms with Crippen molar-refractivity contribution in [3.05, 3.63) is 0 Å². The maximum atomic E-state index is 12.0. The van der Waals surface area contributed by atoms with E-state index in [1.54, 1.807) is 6.92 Å². The monoisotopic (exact) mass is 304 g/mol. The Bertz CT molecular complexity index is 387. The zero-order valence-corrected chi connectivity index (χ0v) is 13.0. The summed E-state index contributed by atoms with van der Waals surface area (Å²) < 4.78 is 10.4. The normalized spacial score (nSPS) is 14.3. The van der Waals surface area contributed by atoms with E-state index in [0.29, 0.717) is 12.8 Å². The summed E-state index contributed by atoms with van der Waals surface area (Å²) in [6.07, 6.45) is -0.302. The molecule has 21 heavy (non-hydrogen) atoms. The number of carboxylic acid groups (broad SMARTS) is 2. The Morgan fingerprint density at radius 1 is 1.00 bits per heavy atom. The average Bonchev–Trinajstić information content (AvgIpc) is 2.37. The highest BCUT2D eigenvalue weighted by atomic mass is 16.6. The summed E-state index contributed by atoms with van der Waals surface area (Å²) in [5, 5.41) is 18.1. The van der Waals surface area contributed by atoms with Gasteiger partial charge in [-0.2, -0.15) is 0 Å². The van der Waals surface area contributed by atoms with E-state index in [2.05, 4.69) is 0 Å². The number of rotatable bonds is 10. The molecule has 0 aromatic rings. The standard InChI is InChI=1S/C14H24O7/c1-5-13(4,6-2)21-11(17)9-14(12(18)19,20-7-3)8-10(15)16/h5-9H2,1-4H3,(H,15,16)(H,18,19). The highest BCUT2D eigenvalue weighted by molar-refractivity contribution is 5.89. The van der Waals surface area contributed by atoms with Gasteiger partial charge in [0.15, 0.2) is 5.60 Å². The van der Waals surface area contributed by atoms with Crippen LogP contribution in [0.25, 0.3) is 0 Å². The number of carboxylic acids is 2. The number of carbonyl (C=O) groups excluding carboxylic acids is 1. The second-order valence-electron chi connectivity index (χ2n) is 5.11. The van der Waals surface area contributed by atoms with Crippen LogP contribution in [0.15, 0.2) is 0 Å². The highest BCUT2D eigenvalue weighted by Crippen LogP contribution is 2.26. The molecule has 2 N–H and O–H groups in total. The Morgan fingerprint density at radius 3 is 1.86 bits per heavy atom. The molecule has 7 nitrogen and oxygen atoms in total. The largest absolute Gasteiger partial charge is 0.481 e. The van der Waals surface area contributed by atoms with Crippen LogP contribution in [0.3, 0.4) is 0 Å². The van der Waals surface area contributed by atoms with Gasteiger partial charge in [0, 0.05) is 6.61 Å². The smallest absolute Gasteiger partial charge is 0.337 e. The van der Waals surface area contributed by atoms with Gasteiger partial charge in [-0.25, -0.2) is 4.79 Å². The van der Waals surface area contributed by atoms with E-state index in [4.69, 9.17) is 14.6 Å². The van der Waals surface area contributed by atoms with Crippen molar-refractivity contribution >= 4 is 17.9 Å². The fourth-order valence-corrected chi connectivity index (χ4v) is 1.84. The summed E-state index contributed by atoms with van der Waals surface area (Å²) in [5.74, 6) is -3.62. The Kier molecular flexibility index (Phi) is 7.35. The third-order valence-electron chi connectivity index (χ3n) is 3.53. The van der Waals surface area contributed by atoms with Crippen LogP contribution in [0.2, 0.25) is 0 Å². The first-order valence-corrected chi connectivity index (χ1v) is 6.95. The molecule has 0 aromatic carbocycles. The first-order valence-electron chi connectivity index (χ1n) is 6.95. The first kappa shape index (κ1) is 19.4. The molecule has 0 saturated carbocycles. The minimum atomic E-state index is -2.10. The van der Waals surface area contributed by atoms with Crippen molar-refractivity contribution in [2.24, 2.45) is 0 Å². The van der Waals surface area contributed by atoms with Gasteiger partial charge in [-0.15, -0.1) is 0 Å². The zero-order valence-electron chi connectivity index (χ0n) is 13.0. The Labute approximate surface area is 124 Å². The number of esters is 1. The minimum Gasteiger partial charge on any atom is -0.481 e. The van der Waals surface area contributed by atoms with Gasteiger partial charge in [0.25, 0.3) is 0 Å². The van der Waals surface area contributed by atoms with Crippen molar-refractivity contribution in [2.75, 3.05) is 6.61 Å². The van der Waals surface area contributed by atoms with E-state index < -0.39 is 42.0 Å². The van der Waals surface area contributed by atoms with Crippen LogP contribution in [0.4, 0.5) is 0 Å². The number of carbonyl (C=O) groups is 3. The molecule has 0 aromatic heterocycles. The van der Waals surface area contributed by atoms with E-state index in [1.807, 2.05) is 13.8 Å². The lowest BCUT2D eigenvalue weighted by Gasteiger charge is -2.31. The van der Waals surface area contributed by atoms with Crippen molar-refractivity contribution in [3.8, 4) is 0 Å². The van der Waals surface area contributed by atoms with Crippen LogP contribution >= 0.6 is 0 Å². The second kappa shape index (κ2) is 7.97. The van der Waals surface area contributed by atoms with Gasteiger partial charge in [0.2, 0.25) is 0 Å². The summed E-state index contributed by atoms with van der Waals surface area (Å²) in [4.78, 5) is 34.3. The molecule has 0 radical (unpaired) electrons. The van der Waals surface area contributed by atoms with Crippen molar-refractivity contribution in [2.45, 2.75) is 64.6 Å². The molecule has 1 atom stereocenters. The molecular weight excluding hydrogens is 280 g/mol. The molecule has 0 bridgehead atoms. The number of ether oxygens (including phenoxy) is 2. The number of hydrogen-bond acceptors (Lipinski definition) is 5. The lowest BCUT2D eigenvalue weighted by Crippen LogP contribution is -2.47. The molecule has 7 heteroatoms. The van der Waals surface area contributed by atoms with Crippen LogP contribution in [-0.4, -0.2) is 45.9 Å². The maximum absolute atomic E-state index is 12.0. The van der Waals surface area contributed by atoms with Crippen LogP contribution < -0.4 is 0 Å². The number of aliphatic carboxylic acids is 2. The first-order chi connectivity index (χ1) is 9.64. The van der Waals surface area contributed by atoms with Crippen molar-refractivity contribution < 1.29 is 34.1 Å². The van der Waals surface area contributed by atoms with Crippen molar-refractivity contribution in [1.82, 2.24) is 0 Å². The lowest BCUT2D eigenvalue weighted by atomic mass is 9.94. The molecule has 0 aliphatic heterocycles. The molecule has 0 saturated heterocycles. The minimum absolute atomic E-state index is 0.0221. The summed E-state index contributed by atoms with van der Waals surface area (Å²) in [6, 6.07) is 0. The van der Waals surface area contributed by atoms with Gasteiger partial charge < -0.3 is 19.7 Å². The summed E-state index contributed by atoms with van der Waals surface area (Å²) in [7, 11) is 0. The SMILES string of the molecule is CCOC(CC(=O)O)(CC(=O)OC(C)(CC)CC)C(=O)O. The molecule has 0 amide bonds. The van der Waals surface area contributed by atoms with Crippen LogP contribution in [0, 0.1) is 0 Å². The predicted octanol–water partition coefficient (Wildman–Crippen LogP) is 1.83. The quantitative estimate of drug-likeness (QED) is 0.592. The number of hydrogen-bond donors (Lipinski definition) is 2. The summed E-state index contributed by atoms with van der Waals surface area (Å²) >= 11 is 0. The van der Waals surface area contributed by atoms with Gasteiger partial charge in [-0.05, 0) is 26.7 Å². The Morgan fingerprint density at radius 2 is 1.52 bits per heavy atom. The lowest BCUT2D eigenvalue weighted by molar-refractivity contribution is -0.183. The highest BCUT2D eigenvalue weighted by Gasteiger charge is 2.45. The fraction of sp³-hybridized carbons (Fsp3) is 0.786.